The minimum atomic E-state index is 0.308. The number of nitrogens with one attached hydrogen (secondary N) is 1. The lowest BCUT2D eigenvalue weighted by Crippen LogP contribution is -2.26. The monoisotopic (exact) mass is 234 g/mol. The Bertz CT molecular complexity index is 381. The quantitative estimate of drug-likeness (QED) is 0.593. The molecule has 1 aliphatic heterocycles. The highest BCUT2D eigenvalue weighted by atomic mass is 32.1. The predicted octanol–water partition coefficient (Wildman–Crippen LogP) is 3.11. The SMILES string of the molecule is CC(C)(C)C1CN1C(=S)Nc1ccccc1. The lowest BCUT2D eigenvalue weighted by atomic mass is 9.92. The fraction of sp³-hybridized carbons (Fsp3) is 0.462. The summed E-state index contributed by atoms with van der Waals surface area (Å²) in [6.07, 6.45) is 0. The Kier molecular flexibility index (Phi) is 2.89. The summed E-state index contributed by atoms with van der Waals surface area (Å²) >= 11 is 5.38. The Morgan fingerprint density at radius 2 is 1.94 bits per heavy atom. The molecule has 1 saturated heterocycles. The van der Waals surface area contributed by atoms with Gasteiger partial charge in [-0.25, -0.2) is 0 Å². The van der Waals surface area contributed by atoms with Crippen LogP contribution in [0, 0.1) is 5.41 Å². The number of benzene rings is 1. The number of nitrogens with zero attached hydrogens (tertiary/aromatic N) is 1. The Labute approximate surface area is 103 Å². The number of anilines is 1. The van der Waals surface area contributed by atoms with Gasteiger partial charge in [-0.3, -0.25) is 0 Å². The minimum absolute atomic E-state index is 0.308. The van der Waals surface area contributed by atoms with E-state index in [1.165, 1.54) is 0 Å². The summed E-state index contributed by atoms with van der Waals surface area (Å²) in [6, 6.07) is 10.7. The van der Waals surface area contributed by atoms with Crippen LogP contribution in [-0.4, -0.2) is 22.6 Å². The predicted molar refractivity (Wildman–Crippen MR) is 72.6 cm³/mol. The molecule has 3 heteroatoms. The Hall–Kier alpha value is -1.09. The molecule has 1 aromatic carbocycles. The molecule has 1 atom stereocenters. The molecule has 1 unspecified atom stereocenters. The molecule has 2 rings (SSSR count). The number of thiocarbonyl (C=S) groups is 1. The first kappa shape index (κ1) is 11.4. The van der Waals surface area contributed by atoms with E-state index in [0.717, 1.165) is 17.3 Å². The van der Waals surface area contributed by atoms with E-state index in [9.17, 15) is 0 Å². The molecule has 0 aromatic heterocycles. The van der Waals surface area contributed by atoms with Gasteiger partial charge < -0.3 is 10.2 Å². The van der Waals surface area contributed by atoms with E-state index in [1.807, 2.05) is 30.3 Å². The average molecular weight is 234 g/mol. The molecule has 1 aromatic rings. The summed E-state index contributed by atoms with van der Waals surface area (Å²) in [7, 11) is 0. The summed E-state index contributed by atoms with van der Waals surface area (Å²) in [6.45, 7) is 7.83. The molecule has 2 nitrogen and oxygen atoms in total. The van der Waals surface area contributed by atoms with Crippen molar-refractivity contribution in [3.05, 3.63) is 30.3 Å². The first-order chi connectivity index (χ1) is 7.48. The molecular weight excluding hydrogens is 216 g/mol. The van der Waals surface area contributed by atoms with Gasteiger partial charge in [0.05, 0.1) is 6.04 Å². The van der Waals surface area contributed by atoms with Crippen molar-refractivity contribution < 1.29 is 0 Å². The zero-order valence-electron chi connectivity index (χ0n) is 10.0. The summed E-state index contributed by atoms with van der Waals surface area (Å²) in [5.74, 6) is 0. The average Bonchev–Trinajstić information content (AvgIpc) is 2.97. The first-order valence-electron chi connectivity index (χ1n) is 5.61. The van der Waals surface area contributed by atoms with Crippen LogP contribution in [0.3, 0.4) is 0 Å². The third-order valence-electron chi connectivity index (χ3n) is 2.90. The van der Waals surface area contributed by atoms with Gasteiger partial charge in [-0.15, -0.1) is 0 Å². The molecule has 1 aliphatic rings. The molecule has 0 spiro atoms. The van der Waals surface area contributed by atoms with Gasteiger partial charge in [0.25, 0.3) is 0 Å². The molecule has 86 valence electrons. The summed E-state index contributed by atoms with van der Waals surface area (Å²) < 4.78 is 0. The van der Waals surface area contributed by atoms with E-state index in [4.69, 9.17) is 12.2 Å². The van der Waals surface area contributed by atoms with Crippen molar-refractivity contribution in [1.82, 2.24) is 4.90 Å². The van der Waals surface area contributed by atoms with Gasteiger partial charge in [0.2, 0.25) is 0 Å². The highest BCUT2D eigenvalue weighted by Crippen LogP contribution is 2.35. The second-order valence-electron chi connectivity index (χ2n) is 5.33. The fourth-order valence-corrected chi connectivity index (χ4v) is 2.14. The van der Waals surface area contributed by atoms with Crippen molar-refractivity contribution in [2.24, 2.45) is 5.41 Å². The molecule has 1 N–H and O–H groups in total. The van der Waals surface area contributed by atoms with Crippen LogP contribution in [0.15, 0.2) is 30.3 Å². The standard InChI is InChI=1S/C13H18N2S/c1-13(2,3)11-9-15(11)12(16)14-10-7-5-4-6-8-10/h4-8,11H,9H2,1-3H3,(H,14,16). The van der Waals surface area contributed by atoms with Crippen LogP contribution in [0.1, 0.15) is 20.8 Å². The summed E-state index contributed by atoms with van der Waals surface area (Å²) in [4.78, 5) is 2.24. The summed E-state index contributed by atoms with van der Waals surface area (Å²) in [5, 5.41) is 4.10. The highest BCUT2D eigenvalue weighted by Gasteiger charge is 2.44. The van der Waals surface area contributed by atoms with E-state index in [0.29, 0.717) is 11.5 Å². The number of hydrogen-bond donors (Lipinski definition) is 1. The van der Waals surface area contributed by atoms with Crippen LogP contribution in [0.25, 0.3) is 0 Å². The lowest BCUT2D eigenvalue weighted by molar-refractivity contribution is 0.371. The number of rotatable bonds is 1. The fourth-order valence-electron chi connectivity index (χ4n) is 1.82. The highest BCUT2D eigenvalue weighted by molar-refractivity contribution is 7.80. The van der Waals surface area contributed by atoms with Gasteiger partial charge in [-0.1, -0.05) is 39.0 Å². The lowest BCUT2D eigenvalue weighted by Gasteiger charge is -2.19. The van der Waals surface area contributed by atoms with E-state index < -0.39 is 0 Å². The second kappa shape index (κ2) is 4.06. The van der Waals surface area contributed by atoms with E-state index in [1.54, 1.807) is 0 Å². The number of para-hydroxylation sites is 1. The third-order valence-corrected chi connectivity index (χ3v) is 3.23. The first-order valence-corrected chi connectivity index (χ1v) is 6.02. The van der Waals surface area contributed by atoms with Crippen LogP contribution in [0.2, 0.25) is 0 Å². The van der Waals surface area contributed by atoms with Crippen molar-refractivity contribution in [3.63, 3.8) is 0 Å². The van der Waals surface area contributed by atoms with Crippen molar-refractivity contribution >= 4 is 23.0 Å². The minimum Gasteiger partial charge on any atom is -0.342 e. The van der Waals surface area contributed by atoms with Crippen LogP contribution < -0.4 is 5.32 Å². The Morgan fingerprint density at radius 1 is 1.31 bits per heavy atom. The van der Waals surface area contributed by atoms with Gasteiger partial charge in [0.1, 0.15) is 0 Å². The van der Waals surface area contributed by atoms with Crippen molar-refractivity contribution in [1.29, 1.82) is 0 Å². The van der Waals surface area contributed by atoms with E-state index in [2.05, 4.69) is 31.0 Å². The normalized spacial score (nSPS) is 19.4. The maximum absolute atomic E-state index is 5.38. The van der Waals surface area contributed by atoms with Gasteiger partial charge in [-0.2, -0.15) is 0 Å². The summed E-state index contributed by atoms with van der Waals surface area (Å²) in [5.41, 5.74) is 1.37. The van der Waals surface area contributed by atoms with Gasteiger partial charge in [0, 0.05) is 12.2 Å². The van der Waals surface area contributed by atoms with Crippen molar-refractivity contribution in [2.75, 3.05) is 11.9 Å². The van der Waals surface area contributed by atoms with E-state index >= 15 is 0 Å². The maximum atomic E-state index is 5.38. The molecule has 16 heavy (non-hydrogen) atoms. The van der Waals surface area contributed by atoms with Gasteiger partial charge in [0.15, 0.2) is 5.11 Å². The molecule has 0 saturated carbocycles. The second-order valence-corrected chi connectivity index (χ2v) is 5.72. The van der Waals surface area contributed by atoms with Crippen molar-refractivity contribution in [3.8, 4) is 0 Å². The Balaban J connectivity index is 1.92. The molecular formula is C13H18N2S. The largest absolute Gasteiger partial charge is 0.342 e. The maximum Gasteiger partial charge on any atom is 0.173 e. The van der Waals surface area contributed by atoms with Crippen LogP contribution in [0.5, 0.6) is 0 Å². The Morgan fingerprint density at radius 3 is 2.44 bits per heavy atom. The van der Waals surface area contributed by atoms with Gasteiger partial charge in [-0.05, 0) is 29.8 Å². The van der Waals surface area contributed by atoms with Crippen LogP contribution in [0.4, 0.5) is 5.69 Å². The van der Waals surface area contributed by atoms with Gasteiger partial charge >= 0.3 is 0 Å². The molecule has 0 amide bonds. The molecule has 0 radical (unpaired) electrons. The van der Waals surface area contributed by atoms with Crippen LogP contribution >= 0.6 is 12.2 Å². The third kappa shape index (κ3) is 2.53. The number of hydrogen-bond acceptors (Lipinski definition) is 1. The van der Waals surface area contributed by atoms with Crippen molar-refractivity contribution in [2.45, 2.75) is 26.8 Å². The van der Waals surface area contributed by atoms with Crippen LogP contribution in [-0.2, 0) is 0 Å². The molecule has 1 heterocycles. The topological polar surface area (TPSA) is 15.0 Å². The molecule has 0 aliphatic carbocycles. The molecule has 0 bridgehead atoms. The van der Waals surface area contributed by atoms with E-state index in [-0.39, 0.29) is 0 Å². The zero-order valence-corrected chi connectivity index (χ0v) is 10.8. The smallest absolute Gasteiger partial charge is 0.173 e. The zero-order chi connectivity index (χ0) is 11.8. The molecule has 1 fully saturated rings.